The Labute approximate surface area is 148 Å². The first-order valence-electron chi connectivity index (χ1n) is 8.26. The largest absolute Gasteiger partial charge is 0.339 e. The molecule has 2 aliphatic heterocycles. The van der Waals surface area contributed by atoms with Gasteiger partial charge in [-0.05, 0) is 82.0 Å². The minimum atomic E-state index is 0.654. The number of hydrogen-bond donors (Lipinski definition) is 0. The quantitative estimate of drug-likeness (QED) is 0.658. The lowest BCUT2D eigenvalue weighted by molar-refractivity contribution is 0.587. The number of aromatic nitrogens is 2. The Hall–Kier alpha value is -0.550. The van der Waals surface area contributed by atoms with Crippen molar-refractivity contribution >= 4 is 48.8 Å². The molecule has 0 N–H and O–H groups in total. The Morgan fingerprint density at radius 3 is 2.77 bits per heavy atom. The number of nitrogens with zero attached hydrogens (tertiary/aromatic N) is 3. The van der Waals surface area contributed by atoms with Crippen LogP contribution in [0.5, 0.6) is 0 Å². The van der Waals surface area contributed by atoms with Crippen molar-refractivity contribution in [1.82, 2.24) is 9.55 Å². The van der Waals surface area contributed by atoms with Gasteiger partial charge in [0.05, 0.1) is 9.99 Å². The summed E-state index contributed by atoms with van der Waals surface area (Å²) in [4.78, 5) is 7.62. The van der Waals surface area contributed by atoms with E-state index in [1.54, 1.807) is 0 Å². The van der Waals surface area contributed by atoms with Gasteiger partial charge in [-0.15, -0.1) is 0 Å². The van der Waals surface area contributed by atoms with Gasteiger partial charge in [0.2, 0.25) is 5.95 Å². The van der Waals surface area contributed by atoms with Crippen LogP contribution in [-0.2, 0) is 13.0 Å². The van der Waals surface area contributed by atoms with Crippen LogP contribution in [0.3, 0.4) is 0 Å². The van der Waals surface area contributed by atoms with Gasteiger partial charge in [-0.2, -0.15) is 0 Å². The van der Waals surface area contributed by atoms with E-state index in [2.05, 4.69) is 55.2 Å². The predicted octanol–water partition coefficient (Wildman–Crippen LogP) is 5.19. The highest BCUT2D eigenvalue weighted by atomic mass is 79.9. The summed E-state index contributed by atoms with van der Waals surface area (Å²) in [6, 6.07) is 0.654. The number of anilines is 1. The van der Waals surface area contributed by atoms with Crippen LogP contribution in [0.1, 0.15) is 43.7 Å². The van der Waals surface area contributed by atoms with Gasteiger partial charge in [0.15, 0.2) is 0 Å². The smallest absolute Gasteiger partial charge is 0.206 e. The molecule has 0 spiro atoms. The summed E-state index contributed by atoms with van der Waals surface area (Å²) >= 11 is 7.52. The molecule has 3 heterocycles. The Morgan fingerprint density at radius 1 is 1.18 bits per heavy atom. The zero-order chi connectivity index (χ0) is 15.4. The minimum absolute atomic E-state index is 0.654. The third-order valence-corrected chi connectivity index (χ3v) is 7.62. The monoisotopic (exact) mass is 425 g/mol. The van der Waals surface area contributed by atoms with Crippen LogP contribution in [0.2, 0.25) is 0 Å². The molecule has 0 bridgehead atoms. The molecule has 118 valence electrons. The summed E-state index contributed by atoms with van der Waals surface area (Å²) < 4.78 is 4.76. The van der Waals surface area contributed by atoms with Crippen LogP contribution in [-0.4, -0.2) is 22.1 Å². The molecule has 1 atom stereocenters. The average Bonchev–Trinajstić information content (AvgIpc) is 3.15. The van der Waals surface area contributed by atoms with Crippen molar-refractivity contribution in [3.63, 3.8) is 0 Å². The van der Waals surface area contributed by atoms with Gasteiger partial charge in [-0.3, -0.25) is 0 Å². The number of hydrogen-bond acceptors (Lipinski definition) is 2. The summed E-state index contributed by atoms with van der Waals surface area (Å²) in [7, 11) is 0. The van der Waals surface area contributed by atoms with Crippen LogP contribution in [0.4, 0.5) is 5.95 Å². The van der Waals surface area contributed by atoms with Crippen LogP contribution >= 0.6 is 31.9 Å². The van der Waals surface area contributed by atoms with E-state index in [-0.39, 0.29) is 0 Å². The maximum Gasteiger partial charge on any atom is 0.206 e. The minimum Gasteiger partial charge on any atom is -0.339 e. The van der Waals surface area contributed by atoms with Crippen molar-refractivity contribution in [3.8, 4) is 0 Å². The topological polar surface area (TPSA) is 21.1 Å². The van der Waals surface area contributed by atoms with Crippen molar-refractivity contribution in [2.75, 3.05) is 11.4 Å². The van der Waals surface area contributed by atoms with Crippen LogP contribution < -0.4 is 4.90 Å². The summed E-state index contributed by atoms with van der Waals surface area (Å²) in [5, 5.41) is 0. The standard InChI is InChI=1S/C17H21Br2N3/c1-3-11-6-4-8-21(11)17-20-15-14(19)13(18)10(2)12-7-5-9-22(17)16(12)15/h11H,3-9H2,1-2H3. The summed E-state index contributed by atoms with van der Waals surface area (Å²) in [5.74, 6) is 1.19. The molecule has 1 aromatic heterocycles. The second-order valence-corrected chi connectivity index (χ2v) is 8.08. The van der Waals surface area contributed by atoms with E-state index in [0.29, 0.717) is 6.04 Å². The lowest BCUT2D eigenvalue weighted by Gasteiger charge is -2.27. The van der Waals surface area contributed by atoms with Crippen molar-refractivity contribution in [2.24, 2.45) is 0 Å². The van der Waals surface area contributed by atoms with Gasteiger partial charge >= 0.3 is 0 Å². The number of benzene rings is 1. The van der Waals surface area contributed by atoms with Gasteiger partial charge in [-0.1, -0.05) is 6.92 Å². The SMILES string of the molecule is CCC1CCCN1c1nc2c(Br)c(Br)c(C)c3c2n1CCC3. The predicted molar refractivity (Wildman–Crippen MR) is 98.9 cm³/mol. The lowest BCUT2D eigenvalue weighted by atomic mass is 9.99. The Morgan fingerprint density at radius 2 is 2.00 bits per heavy atom. The molecule has 0 aliphatic carbocycles. The molecule has 1 unspecified atom stereocenters. The van der Waals surface area contributed by atoms with Gasteiger partial charge in [0.25, 0.3) is 0 Å². The first-order chi connectivity index (χ1) is 10.6. The molecule has 0 amide bonds. The molecular weight excluding hydrogens is 406 g/mol. The molecule has 1 aromatic carbocycles. The Bertz CT molecular complexity index is 750. The molecule has 4 rings (SSSR count). The highest BCUT2D eigenvalue weighted by molar-refractivity contribution is 9.13. The van der Waals surface area contributed by atoms with Crippen molar-refractivity contribution in [1.29, 1.82) is 0 Å². The fourth-order valence-electron chi connectivity index (χ4n) is 4.15. The van der Waals surface area contributed by atoms with E-state index in [9.17, 15) is 0 Å². The molecule has 2 aliphatic rings. The summed E-state index contributed by atoms with van der Waals surface area (Å²) in [5.41, 5.74) is 5.32. The highest BCUT2D eigenvalue weighted by Gasteiger charge is 2.31. The maximum atomic E-state index is 5.08. The molecule has 5 heteroatoms. The van der Waals surface area contributed by atoms with E-state index in [4.69, 9.17) is 4.98 Å². The van der Waals surface area contributed by atoms with E-state index < -0.39 is 0 Å². The van der Waals surface area contributed by atoms with E-state index in [1.165, 1.54) is 52.7 Å². The molecule has 0 saturated carbocycles. The first kappa shape index (κ1) is 15.0. The third-order valence-electron chi connectivity index (χ3n) is 5.33. The van der Waals surface area contributed by atoms with Crippen molar-refractivity contribution in [2.45, 2.75) is 58.5 Å². The normalized spacial score (nSPS) is 21.1. The second kappa shape index (κ2) is 5.52. The van der Waals surface area contributed by atoms with Gasteiger partial charge < -0.3 is 9.47 Å². The summed E-state index contributed by atoms with van der Waals surface area (Å²) in [6.45, 7) is 6.76. The number of halogens is 2. The van der Waals surface area contributed by atoms with Crippen LogP contribution in [0.15, 0.2) is 8.95 Å². The summed E-state index contributed by atoms with van der Waals surface area (Å²) in [6.07, 6.45) is 6.18. The number of rotatable bonds is 2. The molecular formula is C17H21Br2N3. The van der Waals surface area contributed by atoms with E-state index in [0.717, 1.165) is 29.5 Å². The van der Waals surface area contributed by atoms with Gasteiger partial charge in [0, 0.05) is 23.6 Å². The number of imidazole rings is 1. The lowest BCUT2D eigenvalue weighted by Crippen LogP contribution is -2.31. The van der Waals surface area contributed by atoms with E-state index >= 15 is 0 Å². The fourth-order valence-corrected chi connectivity index (χ4v) is 5.15. The van der Waals surface area contributed by atoms with Crippen molar-refractivity contribution in [3.05, 3.63) is 20.1 Å². The zero-order valence-electron chi connectivity index (χ0n) is 13.1. The second-order valence-electron chi connectivity index (χ2n) is 6.49. The molecule has 1 fully saturated rings. The van der Waals surface area contributed by atoms with Gasteiger partial charge in [-0.25, -0.2) is 4.98 Å². The molecule has 2 aromatic rings. The number of aryl methyl sites for hydroxylation is 2. The first-order valence-corrected chi connectivity index (χ1v) is 9.85. The Kier molecular flexibility index (Phi) is 3.76. The Balaban J connectivity index is 1.99. The third kappa shape index (κ3) is 2.01. The van der Waals surface area contributed by atoms with Crippen LogP contribution in [0.25, 0.3) is 11.0 Å². The molecule has 22 heavy (non-hydrogen) atoms. The fraction of sp³-hybridized carbons (Fsp3) is 0.588. The van der Waals surface area contributed by atoms with Crippen molar-refractivity contribution < 1.29 is 0 Å². The van der Waals surface area contributed by atoms with Crippen LogP contribution in [0, 0.1) is 6.92 Å². The van der Waals surface area contributed by atoms with Gasteiger partial charge in [0.1, 0.15) is 5.52 Å². The average molecular weight is 427 g/mol. The zero-order valence-corrected chi connectivity index (χ0v) is 16.3. The molecule has 3 nitrogen and oxygen atoms in total. The molecule has 0 radical (unpaired) electrons. The molecule has 1 saturated heterocycles. The maximum absolute atomic E-state index is 5.08. The van der Waals surface area contributed by atoms with E-state index in [1.807, 2.05) is 0 Å². The highest BCUT2D eigenvalue weighted by Crippen LogP contribution is 2.42.